The summed E-state index contributed by atoms with van der Waals surface area (Å²) in [5, 5.41) is 28.5. The maximum Gasteiger partial charge on any atom is 0.123 e. The molecular formula is C13H19NO3. The number of hydrogen-bond donors (Lipinski definition) is 3. The number of aliphatic hydroxyl groups is 2. The van der Waals surface area contributed by atoms with Crippen LogP contribution >= 0.6 is 0 Å². The van der Waals surface area contributed by atoms with Crippen LogP contribution in [-0.4, -0.2) is 34.5 Å². The molecule has 1 saturated heterocycles. The molecule has 1 aromatic rings. The first kappa shape index (κ1) is 12.2. The fourth-order valence-corrected chi connectivity index (χ4v) is 2.43. The zero-order chi connectivity index (χ0) is 12.4. The Kier molecular flexibility index (Phi) is 3.54. The van der Waals surface area contributed by atoms with E-state index in [-0.39, 0.29) is 18.4 Å². The summed E-state index contributed by atoms with van der Waals surface area (Å²) in [6.07, 6.45) is 1.37. The third-order valence-corrected chi connectivity index (χ3v) is 3.38. The van der Waals surface area contributed by atoms with Crippen molar-refractivity contribution in [3.63, 3.8) is 0 Å². The molecule has 0 bridgehead atoms. The lowest BCUT2D eigenvalue weighted by Gasteiger charge is -2.26. The van der Waals surface area contributed by atoms with E-state index in [1.54, 1.807) is 19.1 Å². The van der Waals surface area contributed by atoms with Gasteiger partial charge in [0, 0.05) is 23.9 Å². The molecule has 1 aliphatic heterocycles. The second-order valence-electron chi connectivity index (χ2n) is 4.59. The van der Waals surface area contributed by atoms with Gasteiger partial charge in [0.15, 0.2) is 0 Å². The number of rotatable bonds is 3. The summed E-state index contributed by atoms with van der Waals surface area (Å²) in [7, 11) is 0. The highest BCUT2D eigenvalue weighted by Gasteiger charge is 2.24. The molecule has 0 amide bonds. The van der Waals surface area contributed by atoms with Gasteiger partial charge in [0.2, 0.25) is 0 Å². The Labute approximate surface area is 101 Å². The molecule has 1 aromatic carbocycles. The lowest BCUT2D eigenvalue weighted by molar-refractivity contribution is 0.195. The van der Waals surface area contributed by atoms with Gasteiger partial charge < -0.3 is 20.2 Å². The largest absolute Gasteiger partial charge is 0.507 e. The van der Waals surface area contributed by atoms with Crippen LogP contribution in [0.1, 0.15) is 31.4 Å². The van der Waals surface area contributed by atoms with Crippen LogP contribution in [0.3, 0.4) is 0 Å². The zero-order valence-electron chi connectivity index (χ0n) is 10.0. The predicted molar refractivity (Wildman–Crippen MR) is 66.2 cm³/mol. The molecule has 0 spiro atoms. The Balaban J connectivity index is 2.25. The number of aromatic hydroxyl groups is 1. The Morgan fingerprint density at radius 2 is 2.24 bits per heavy atom. The van der Waals surface area contributed by atoms with Crippen molar-refractivity contribution in [2.45, 2.75) is 31.9 Å². The summed E-state index contributed by atoms with van der Waals surface area (Å²) in [6.45, 7) is 2.67. The summed E-state index contributed by atoms with van der Waals surface area (Å²) in [4.78, 5) is 2.10. The van der Waals surface area contributed by atoms with Crippen molar-refractivity contribution < 1.29 is 15.3 Å². The van der Waals surface area contributed by atoms with E-state index in [0.29, 0.717) is 5.56 Å². The molecule has 4 heteroatoms. The van der Waals surface area contributed by atoms with Gasteiger partial charge in [-0.05, 0) is 25.8 Å². The lowest BCUT2D eigenvalue weighted by Crippen LogP contribution is -2.31. The van der Waals surface area contributed by atoms with Gasteiger partial charge in [-0.2, -0.15) is 0 Å². The Hall–Kier alpha value is -1.26. The molecule has 0 radical (unpaired) electrons. The Morgan fingerprint density at radius 1 is 1.47 bits per heavy atom. The molecule has 3 N–H and O–H groups in total. The minimum atomic E-state index is -0.670. The molecule has 0 aliphatic carbocycles. The predicted octanol–water partition coefficient (Wildman–Crippen LogP) is 1.41. The smallest absolute Gasteiger partial charge is 0.123 e. The highest BCUT2D eigenvalue weighted by molar-refractivity contribution is 5.55. The van der Waals surface area contributed by atoms with E-state index in [0.717, 1.165) is 25.1 Å². The minimum Gasteiger partial charge on any atom is -0.507 e. The van der Waals surface area contributed by atoms with Crippen LogP contribution in [0.15, 0.2) is 18.2 Å². The normalized spacial score (nSPS) is 21.8. The lowest BCUT2D eigenvalue weighted by atomic mass is 10.1. The summed E-state index contributed by atoms with van der Waals surface area (Å²) < 4.78 is 0. The van der Waals surface area contributed by atoms with Crippen LogP contribution < -0.4 is 4.90 Å². The van der Waals surface area contributed by atoms with Gasteiger partial charge in [0.05, 0.1) is 18.8 Å². The van der Waals surface area contributed by atoms with E-state index < -0.39 is 6.10 Å². The van der Waals surface area contributed by atoms with Crippen LogP contribution in [0.5, 0.6) is 5.75 Å². The van der Waals surface area contributed by atoms with Crippen LogP contribution in [0.2, 0.25) is 0 Å². The van der Waals surface area contributed by atoms with Crippen LogP contribution in [0.4, 0.5) is 5.69 Å². The molecule has 17 heavy (non-hydrogen) atoms. The topological polar surface area (TPSA) is 63.9 Å². The van der Waals surface area contributed by atoms with Gasteiger partial charge >= 0.3 is 0 Å². The number of phenols is 1. The first-order valence-electron chi connectivity index (χ1n) is 6.02. The fraction of sp³-hybridized carbons (Fsp3) is 0.538. The molecule has 2 atom stereocenters. The first-order chi connectivity index (χ1) is 8.13. The number of anilines is 1. The van der Waals surface area contributed by atoms with E-state index in [2.05, 4.69) is 4.90 Å². The molecule has 0 saturated carbocycles. The van der Waals surface area contributed by atoms with E-state index in [9.17, 15) is 15.3 Å². The molecular weight excluding hydrogens is 218 g/mol. The standard InChI is InChI=1S/C13H19NO3/c1-9(16)12-5-4-10(7-13(12)17)14-6-2-3-11(14)8-15/h4-5,7,9,11,15-17H,2-3,6,8H2,1H3. The zero-order valence-corrected chi connectivity index (χ0v) is 10.0. The molecule has 4 nitrogen and oxygen atoms in total. The average molecular weight is 237 g/mol. The van der Waals surface area contributed by atoms with E-state index in [1.165, 1.54) is 0 Å². The second-order valence-corrected chi connectivity index (χ2v) is 4.59. The molecule has 2 unspecified atom stereocenters. The van der Waals surface area contributed by atoms with Gasteiger partial charge in [-0.3, -0.25) is 0 Å². The monoisotopic (exact) mass is 237 g/mol. The molecule has 94 valence electrons. The van der Waals surface area contributed by atoms with Crippen molar-refractivity contribution in [2.24, 2.45) is 0 Å². The highest BCUT2D eigenvalue weighted by atomic mass is 16.3. The van der Waals surface area contributed by atoms with Crippen molar-refractivity contribution in [1.82, 2.24) is 0 Å². The van der Waals surface area contributed by atoms with Crippen molar-refractivity contribution in [1.29, 1.82) is 0 Å². The van der Waals surface area contributed by atoms with E-state index in [1.807, 2.05) is 6.07 Å². The fourth-order valence-electron chi connectivity index (χ4n) is 2.43. The van der Waals surface area contributed by atoms with Gasteiger partial charge in [-0.15, -0.1) is 0 Å². The molecule has 2 rings (SSSR count). The summed E-state index contributed by atoms with van der Waals surface area (Å²) in [5.74, 6) is 0.112. The molecule has 1 aliphatic rings. The quantitative estimate of drug-likeness (QED) is 0.743. The van der Waals surface area contributed by atoms with E-state index in [4.69, 9.17) is 0 Å². The number of benzene rings is 1. The summed E-state index contributed by atoms with van der Waals surface area (Å²) in [6, 6.07) is 5.43. The van der Waals surface area contributed by atoms with Crippen LogP contribution in [0.25, 0.3) is 0 Å². The second kappa shape index (κ2) is 4.94. The minimum absolute atomic E-state index is 0.112. The maximum atomic E-state index is 9.83. The number of aliphatic hydroxyl groups excluding tert-OH is 2. The maximum absolute atomic E-state index is 9.83. The highest BCUT2D eigenvalue weighted by Crippen LogP contribution is 2.32. The van der Waals surface area contributed by atoms with Gasteiger partial charge in [-0.1, -0.05) is 6.07 Å². The van der Waals surface area contributed by atoms with Crippen LogP contribution in [0, 0.1) is 0 Å². The SMILES string of the molecule is CC(O)c1ccc(N2CCCC2CO)cc1O. The Morgan fingerprint density at radius 3 is 2.82 bits per heavy atom. The van der Waals surface area contributed by atoms with Gasteiger partial charge in [0.25, 0.3) is 0 Å². The van der Waals surface area contributed by atoms with Gasteiger partial charge in [0.1, 0.15) is 5.75 Å². The first-order valence-corrected chi connectivity index (χ1v) is 6.02. The van der Waals surface area contributed by atoms with Crippen LogP contribution in [-0.2, 0) is 0 Å². The summed E-state index contributed by atoms with van der Waals surface area (Å²) in [5.41, 5.74) is 1.44. The van der Waals surface area contributed by atoms with Crippen molar-refractivity contribution in [2.75, 3.05) is 18.1 Å². The van der Waals surface area contributed by atoms with Crippen molar-refractivity contribution in [3.05, 3.63) is 23.8 Å². The number of nitrogens with zero attached hydrogens (tertiary/aromatic N) is 1. The average Bonchev–Trinajstić information content (AvgIpc) is 2.76. The Bertz CT molecular complexity index is 392. The van der Waals surface area contributed by atoms with Crippen molar-refractivity contribution in [3.8, 4) is 5.75 Å². The number of phenolic OH excluding ortho intramolecular Hbond substituents is 1. The third-order valence-electron chi connectivity index (χ3n) is 3.38. The number of hydrogen-bond acceptors (Lipinski definition) is 4. The van der Waals surface area contributed by atoms with E-state index >= 15 is 0 Å². The summed E-state index contributed by atoms with van der Waals surface area (Å²) >= 11 is 0. The van der Waals surface area contributed by atoms with Gasteiger partial charge in [-0.25, -0.2) is 0 Å². The third kappa shape index (κ3) is 2.37. The molecule has 1 heterocycles. The molecule has 0 aromatic heterocycles. The van der Waals surface area contributed by atoms with Crippen molar-refractivity contribution >= 4 is 5.69 Å². The molecule has 1 fully saturated rings.